The number of halogens is 2. The van der Waals surface area contributed by atoms with Gasteiger partial charge >= 0.3 is 0 Å². The van der Waals surface area contributed by atoms with Gasteiger partial charge in [0.2, 0.25) is 0 Å². The summed E-state index contributed by atoms with van der Waals surface area (Å²) in [7, 11) is 1.77. The average molecular weight is 332 g/mol. The highest BCUT2D eigenvalue weighted by atomic mass is 35.5. The predicted octanol–water partition coefficient (Wildman–Crippen LogP) is 4.97. The van der Waals surface area contributed by atoms with Crippen LogP contribution in [0.3, 0.4) is 0 Å². The summed E-state index contributed by atoms with van der Waals surface area (Å²) in [6.07, 6.45) is 1.91. The Morgan fingerprint density at radius 2 is 1.76 bits per heavy atom. The van der Waals surface area contributed by atoms with Crippen molar-refractivity contribution in [3.8, 4) is 0 Å². The standard InChI is InChI=1S/C17H27Cl2NO/c1-6-10-20-15(16(21-5)17(2,3)4)11-12-13(18)8-7-9-14(12)19/h7-9,15-16,20H,6,10-11H2,1-5H3. The molecular weight excluding hydrogens is 305 g/mol. The number of rotatable bonds is 7. The molecule has 1 rings (SSSR count). The highest BCUT2D eigenvalue weighted by molar-refractivity contribution is 6.36. The molecule has 0 radical (unpaired) electrons. The third-order valence-electron chi connectivity index (χ3n) is 3.62. The lowest BCUT2D eigenvalue weighted by atomic mass is 9.82. The van der Waals surface area contributed by atoms with Crippen LogP contribution in [0.4, 0.5) is 0 Å². The Bertz CT molecular complexity index is 423. The van der Waals surface area contributed by atoms with E-state index in [9.17, 15) is 0 Å². The van der Waals surface area contributed by atoms with Crippen LogP contribution in [0.2, 0.25) is 10.0 Å². The van der Waals surface area contributed by atoms with Crippen molar-refractivity contribution < 1.29 is 4.74 Å². The molecule has 0 heterocycles. The molecule has 0 aromatic heterocycles. The van der Waals surface area contributed by atoms with Gasteiger partial charge in [0.1, 0.15) is 0 Å². The summed E-state index contributed by atoms with van der Waals surface area (Å²) in [5.41, 5.74) is 1.02. The average Bonchev–Trinajstić information content (AvgIpc) is 2.38. The van der Waals surface area contributed by atoms with E-state index in [2.05, 4.69) is 33.0 Å². The number of nitrogens with one attached hydrogen (secondary N) is 1. The van der Waals surface area contributed by atoms with Gasteiger partial charge in [0.05, 0.1) is 6.10 Å². The van der Waals surface area contributed by atoms with Crippen molar-refractivity contribution in [2.24, 2.45) is 5.41 Å². The predicted molar refractivity (Wildman–Crippen MR) is 92.5 cm³/mol. The summed E-state index contributed by atoms with van der Waals surface area (Å²) in [6.45, 7) is 9.68. The maximum Gasteiger partial charge on any atom is 0.0775 e. The Labute approximate surface area is 139 Å². The van der Waals surface area contributed by atoms with E-state index in [0.717, 1.165) is 35.0 Å². The van der Waals surface area contributed by atoms with Gasteiger partial charge in [-0.3, -0.25) is 0 Å². The zero-order valence-corrected chi connectivity index (χ0v) is 15.2. The molecule has 0 aliphatic carbocycles. The third-order valence-corrected chi connectivity index (χ3v) is 4.32. The van der Waals surface area contributed by atoms with E-state index in [-0.39, 0.29) is 17.6 Å². The normalized spacial score (nSPS) is 15.0. The van der Waals surface area contributed by atoms with Crippen molar-refractivity contribution in [1.29, 1.82) is 0 Å². The van der Waals surface area contributed by atoms with Crippen molar-refractivity contribution in [3.05, 3.63) is 33.8 Å². The molecule has 1 N–H and O–H groups in total. The first-order valence-electron chi connectivity index (χ1n) is 7.50. The highest BCUT2D eigenvalue weighted by Crippen LogP contribution is 2.30. The summed E-state index contributed by atoms with van der Waals surface area (Å²) < 4.78 is 5.78. The quantitative estimate of drug-likeness (QED) is 0.761. The second-order valence-corrected chi connectivity index (χ2v) is 7.30. The maximum atomic E-state index is 6.32. The molecule has 0 spiro atoms. The Morgan fingerprint density at radius 1 is 1.19 bits per heavy atom. The van der Waals surface area contributed by atoms with Crippen LogP contribution in [0.1, 0.15) is 39.7 Å². The fraction of sp³-hybridized carbons (Fsp3) is 0.647. The molecule has 120 valence electrons. The molecule has 0 amide bonds. The van der Waals surface area contributed by atoms with Gasteiger partial charge in [0.15, 0.2) is 0 Å². The van der Waals surface area contributed by atoms with Crippen molar-refractivity contribution >= 4 is 23.2 Å². The van der Waals surface area contributed by atoms with Crippen LogP contribution < -0.4 is 5.32 Å². The van der Waals surface area contributed by atoms with E-state index in [1.807, 2.05) is 18.2 Å². The molecule has 0 aliphatic rings. The monoisotopic (exact) mass is 331 g/mol. The van der Waals surface area contributed by atoms with Gasteiger partial charge in [0.25, 0.3) is 0 Å². The van der Waals surface area contributed by atoms with Crippen LogP contribution in [0.5, 0.6) is 0 Å². The minimum Gasteiger partial charge on any atom is -0.379 e. The Kier molecular flexibility index (Phi) is 7.49. The van der Waals surface area contributed by atoms with Gasteiger partial charge in [-0.05, 0) is 42.5 Å². The molecule has 0 aliphatic heterocycles. The van der Waals surface area contributed by atoms with Crippen molar-refractivity contribution in [2.45, 2.75) is 52.7 Å². The van der Waals surface area contributed by atoms with Crippen molar-refractivity contribution in [3.63, 3.8) is 0 Å². The second kappa shape index (κ2) is 8.38. The number of hydrogen-bond donors (Lipinski definition) is 1. The SMILES string of the molecule is CCCNC(Cc1c(Cl)cccc1Cl)C(OC)C(C)(C)C. The van der Waals surface area contributed by atoms with Crippen LogP contribution in [0, 0.1) is 5.41 Å². The van der Waals surface area contributed by atoms with Crippen LogP contribution in [0.15, 0.2) is 18.2 Å². The summed E-state index contributed by atoms with van der Waals surface area (Å²) in [4.78, 5) is 0. The fourth-order valence-corrected chi connectivity index (χ4v) is 3.24. The van der Waals surface area contributed by atoms with Crippen molar-refractivity contribution in [2.75, 3.05) is 13.7 Å². The molecule has 2 atom stereocenters. The fourth-order valence-electron chi connectivity index (χ4n) is 2.68. The number of ether oxygens (including phenoxy) is 1. The summed E-state index contributed by atoms with van der Waals surface area (Å²) in [5.74, 6) is 0. The summed E-state index contributed by atoms with van der Waals surface area (Å²) >= 11 is 12.6. The van der Waals surface area contributed by atoms with Gasteiger partial charge in [0, 0.05) is 23.2 Å². The van der Waals surface area contributed by atoms with E-state index < -0.39 is 0 Å². The van der Waals surface area contributed by atoms with Gasteiger partial charge < -0.3 is 10.1 Å². The van der Waals surface area contributed by atoms with Gasteiger partial charge in [-0.25, -0.2) is 0 Å². The van der Waals surface area contributed by atoms with Gasteiger partial charge in [-0.15, -0.1) is 0 Å². The minimum atomic E-state index is 0.0356. The zero-order chi connectivity index (χ0) is 16.0. The van der Waals surface area contributed by atoms with Gasteiger partial charge in [-0.1, -0.05) is 57.0 Å². The third kappa shape index (κ3) is 5.45. The van der Waals surface area contributed by atoms with Crippen LogP contribution in [0.25, 0.3) is 0 Å². The molecule has 1 aromatic rings. The zero-order valence-electron chi connectivity index (χ0n) is 13.7. The van der Waals surface area contributed by atoms with Crippen LogP contribution >= 0.6 is 23.2 Å². The molecule has 2 unspecified atom stereocenters. The molecule has 21 heavy (non-hydrogen) atoms. The lowest BCUT2D eigenvalue weighted by Gasteiger charge is -2.37. The van der Waals surface area contributed by atoms with Crippen LogP contribution in [-0.2, 0) is 11.2 Å². The Balaban J connectivity index is 3.02. The molecule has 1 aromatic carbocycles. The van der Waals surface area contributed by atoms with E-state index in [4.69, 9.17) is 27.9 Å². The molecular formula is C17H27Cl2NO. The van der Waals surface area contributed by atoms with Crippen LogP contribution in [-0.4, -0.2) is 25.8 Å². The molecule has 4 heteroatoms. The lowest BCUT2D eigenvalue weighted by molar-refractivity contribution is -0.0109. The molecule has 0 saturated heterocycles. The molecule has 2 nitrogen and oxygen atoms in total. The van der Waals surface area contributed by atoms with Crippen molar-refractivity contribution in [1.82, 2.24) is 5.32 Å². The summed E-state index contributed by atoms with van der Waals surface area (Å²) in [6, 6.07) is 5.82. The number of hydrogen-bond acceptors (Lipinski definition) is 2. The first kappa shape index (κ1) is 18.8. The number of benzene rings is 1. The smallest absolute Gasteiger partial charge is 0.0775 e. The Hall–Kier alpha value is -0.280. The lowest BCUT2D eigenvalue weighted by Crippen LogP contribution is -2.49. The Morgan fingerprint density at radius 3 is 2.19 bits per heavy atom. The topological polar surface area (TPSA) is 21.3 Å². The summed E-state index contributed by atoms with van der Waals surface area (Å²) in [5, 5.41) is 5.02. The van der Waals surface area contributed by atoms with E-state index in [0.29, 0.717) is 0 Å². The van der Waals surface area contributed by atoms with E-state index in [1.54, 1.807) is 7.11 Å². The van der Waals surface area contributed by atoms with E-state index >= 15 is 0 Å². The molecule has 0 saturated carbocycles. The largest absolute Gasteiger partial charge is 0.379 e. The first-order valence-corrected chi connectivity index (χ1v) is 8.26. The maximum absolute atomic E-state index is 6.32. The highest BCUT2D eigenvalue weighted by Gasteiger charge is 2.32. The number of methoxy groups -OCH3 is 1. The molecule has 0 bridgehead atoms. The first-order chi connectivity index (χ1) is 9.81. The second-order valence-electron chi connectivity index (χ2n) is 6.49. The minimum absolute atomic E-state index is 0.0356. The molecule has 0 fully saturated rings. The van der Waals surface area contributed by atoms with E-state index in [1.165, 1.54) is 0 Å². The van der Waals surface area contributed by atoms with Gasteiger partial charge in [-0.2, -0.15) is 0 Å².